The quantitative estimate of drug-likeness (QED) is 0.559. The van der Waals surface area contributed by atoms with Crippen molar-refractivity contribution in [3.63, 3.8) is 0 Å². The summed E-state index contributed by atoms with van der Waals surface area (Å²) < 4.78 is 27.5. The standard InChI is InChI=1S/C21H16Cl2N2O3S/c22-16-11-15(21(26)19(23)12-16)13-24-17-5-7-18(8-6-17)29(27,28)25-10-9-14-3-1-2-4-20(14)25/h1-8,11-13,26H,9-10H2. The highest BCUT2D eigenvalue weighted by atomic mass is 35.5. The number of sulfonamides is 1. The highest BCUT2D eigenvalue weighted by molar-refractivity contribution is 7.92. The van der Waals surface area contributed by atoms with Crippen molar-refractivity contribution >= 4 is 50.8 Å². The average molecular weight is 447 g/mol. The molecule has 0 fully saturated rings. The number of aromatic hydroxyl groups is 1. The van der Waals surface area contributed by atoms with E-state index in [2.05, 4.69) is 4.99 Å². The maximum Gasteiger partial charge on any atom is 0.264 e. The van der Waals surface area contributed by atoms with Gasteiger partial charge in [-0.15, -0.1) is 0 Å². The van der Waals surface area contributed by atoms with Crippen LogP contribution in [0.5, 0.6) is 5.75 Å². The Balaban J connectivity index is 1.59. The molecule has 1 aliphatic heterocycles. The van der Waals surface area contributed by atoms with E-state index in [0.717, 1.165) is 11.3 Å². The summed E-state index contributed by atoms with van der Waals surface area (Å²) in [6, 6.07) is 16.7. The predicted molar refractivity (Wildman–Crippen MR) is 117 cm³/mol. The number of fused-ring (bicyclic) bond motifs is 1. The molecule has 5 nitrogen and oxygen atoms in total. The molecule has 0 saturated carbocycles. The van der Waals surface area contributed by atoms with Crippen molar-refractivity contribution in [1.82, 2.24) is 0 Å². The summed E-state index contributed by atoms with van der Waals surface area (Å²) in [6.07, 6.45) is 2.12. The number of hydrogen-bond acceptors (Lipinski definition) is 4. The van der Waals surface area contributed by atoms with Gasteiger partial charge in [-0.25, -0.2) is 8.42 Å². The first-order chi connectivity index (χ1) is 13.9. The van der Waals surface area contributed by atoms with Gasteiger partial charge in [-0.2, -0.15) is 0 Å². The summed E-state index contributed by atoms with van der Waals surface area (Å²) in [5.74, 6) is -0.119. The van der Waals surface area contributed by atoms with E-state index in [-0.39, 0.29) is 15.7 Å². The summed E-state index contributed by atoms with van der Waals surface area (Å²) in [6.45, 7) is 0.427. The van der Waals surface area contributed by atoms with Crippen molar-refractivity contribution in [3.05, 3.63) is 81.8 Å². The first-order valence-corrected chi connectivity index (χ1v) is 11.0. The minimum absolute atomic E-state index is 0.119. The molecule has 0 unspecified atom stereocenters. The van der Waals surface area contributed by atoms with Gasteiger partial charge in [-0.3, -0.25) is 9.30 Å². The molecule has 148 valence electrons. The fraction of sp³-hybridized carbons (Fsp3) is 0.0952. The van der Waals surface area contributed by atoms with E-state index in [4.69, 9.17) is 23.2 Å². The Morgan fingerprint density at radius 3 is 2.52 bits per heavy atom. The van der Waals surface area contributed by atoms with Crippen LogP contribution in [0.25, 0.3) is 0 Å². The van der Waals surface area contributed by atoms with Gasteiger partial charge in [-0.1, -0.05) is 41.4 Å². The monoisotopic (exact) mass is 446 g/mol. The van der Waals surface area contributed by atoms with E-state index in [1.807, 2.05) is 24.3 Å². The molecule has 0 saturated heterocycles. The van der Waals surface area contributed by atoms with Crippen molar-refractivity contribution in [2.24, 2.45) is 4.99 Å². The maximum absolute atomic E-state index is 13.0. The maximum atomic E-state index is 13.0. The van der Waals surface area contributed by atoms with Crippen molar-refractivity contribution in [2.75, 3.05) is 10.8 Å². The van der Waals surface area contributed by atoms with Crippen LogP contribution in [0.2, 0.25) is 10.0 Å². The van der Waals surface area contributed by atoms with Gasteiger partial charge in [0.1, 0.15) is 5.75 Å². The van der Waals surface area contributed by atoms with Crippen LogP contribution in [0, 0.1) is 0 Å². The molecule has 3 aromatic carbocycles. The molecule has 0 amide bonds. The third-order valence-electron chi connectivity index (χ3n) is 4.68. The normalized spacial score (nSPS) is 13.8. The van der Waals surface area contributed by atoms with Crippen LogP contribution in [-0.2, 0) is 16.4 Å². The van der Waals surface area contributed by atoms with Gasteiger partial charge >= 0.3 is 0 Å². The number of phenolic OH excluding ortho intramolecular Hbond substituents is 1. The molecule has 0 aromatic heterocycles. The molecule has 0 spiro atoms. The second-order valence-electron chi connectivity index (χ2n) is 6.53. The third-order valence-corrected chi connectivity index (χ3v) is 7.01. The first kappa shape index (κ1) is 19.8. The highest BCUT2D eigenvalue weighted by Crippen LogP contribution is 2.33. The minimum atomic E-state index is -3.65. The SMILES string of the molecule is O=S(=O)(c1ccc(N=Cc2cc(Cl)cc(Cl)c2O)cc1)N1CCc2ccccc21. The Kier molecular flexibility index (Phi) is 5.25. The molecule has 0 atom stereocenters. The molecule has 0 aliphatic carbocycles. The van der Waals surface area contributed by atoms with Crippen molar-refractivity contribution in [3.8, 4) is 5.75 Å². The highest BCUT2D eigenvalue weighted by Gasteiger charge is 2.30. The number of anilines is 1. The number of phenols is 1. The van der Waals surface area contributed by atoms with Crippen LogP contribution in [-0.4, -0.2) is 26.3 Å². The van der Waals surface area contributed by atoms with Crippen LogP contribution < -0.4 is 4.31 Å². The number of hydrogen-bond donors (Lipinski definition) is 1. The molecule has 4 rings (SSSR count). The lowest BCUT2D eigenvalue weighted by atomic mass is 10.2. The molecule has 29 heavy (non-hydrogen) atoms. The van der Waals surface area contributed by atoms with Gasteiger partial charge in [0.15, 0.2) is 0 Å². The molecule has 0 radical (unpaired) electrons. The van der Waals surface area contributed by atoms with Gasteiger partial charge in [-0.05, 0) is 54.4 Å². The summed E-state index contributed by atoms with van der Waals surface area (Å²) in [5.41, 5.74) is 2.65. The molecular formula is C21H16Cl2N2O3S. The van der Waals surface area contributed by atoms with Crippen LogP contribution in [0.3, 0.4) is 0 Å². The lowest BCUT2D eigenvalue weighted by Gasteiger charge is -2.19. The van der Waals surface area contributed by atoms with Crippen molar-refractivity contribution in [2.45, 2.75) is 11.3 Å². The van der Waals surface area contributed by atoms with Crippen molar-refractivity contribution < 1.29 is 13.5 Å². The van der Waals surface area contributed by atoms with Crippen LogP contribution in [0.1, 0.15) is 11.1 Å². The largest absolute Gasteiger partial charge is 0.506 e. The summed E-state index contributed by atoms with van der Waals surface area (Å²) in [4.78, 5) is 4.46. The van der Waals surface area contributed by atoms with Gasteiger partial charge in [0.05, 0.1) is 21.3 Å². The number of rotatable bonds is 4. The molecule has 1 heterocycles. The Labute approximate surface area is 178 Å². The smallest absolute Gasteiger partial charge is 0.264 e. The van der Waals surface area contributed by atoms with Crippen LogP contribution in [0.4, 0.5) is 11.4 Å². The third kappa shape index (κ3) is 3.83. The van der Waals surface area contributed by atoms with E-state index >= 15 is 0 Å². The van der Waals surface area contributed by atoms with E-state index in [0.29, 0.717) is 29.2 Å². The lowest BCUT2D eigenvalue weighted by molar-refractivity contribution is 0.475. The number of halogens is 2. The molecular weight excluding hydrogens is 431 g/mol. The zero-order valence-corrected chi connectivity index (χ0v) is 17.4. The first-order valence-electron chi connectivity index (χ1n) is 8.79. The molecule has 1 N–H and O–H groups in total. The molecule has 8 heteroatoms. The summed E-state index contributed by atoms with van der Waals surface area (Å²) in [7, 11) is -3.65. The summed E-state index contributed by atoms with van der Waals surface area (Å²) in [5, 5.41) is 10.5. The number of para-hydroxylation sites is 1. The van der Waals surface area contributed by atoms with E-state index < -0.39 is 10.0 Å². The van der Waals surface area contributed by atoms with Gasteiger partial charge < -0.3 is 5.11 Å². The average Bonchev–Trinajstić information content (AvgIpc) is 3.15. The fourth-order valence-electron chi connectivity index (χ4n) is 3.22. The zero-order chi connectivity index (χ0) is 20.6. The van der Waals surface area contributed by atoms with Gasteiger partial charge in [0, 0.05) is 23.3 Å². The van der Waals surface area contributed by atoms with E-state index in [1.165, 1.54) is 34.8 Å². The fourth-order valence-corrected chi connectivity index (χ4v) is 5.23. The van der Waals surface area contributed by atoms with Crippen LogP contribution in [0.15, 0.2) is 70.6 Å². The Bertz CT molecular complexity index is 1210. The lowest BCUT2D eigenvalue weighted by Crippen LogP contribution is -2.29. The molecule has 0 bridgehead atoms. The predicted octanol–water partition coefficient (Wildman–Crippen LogP) is 5.20. The van der Waals surface area contributed by atoms with E-state index in [9.17, 15) is 13.5 Å². The zero-order valence-electron chi connectivity index (χ0n) is 15.1. The van der Waals surface area contributed by atoms with Gasteiger partial charge in [0.2, 0.25) is 0 Å². The van der Waals surface area contributed by atoms with Crippen molar-refractivity contribution in [1.29, 1.82) is 0 Å². The topological polar surface area (TPSA) is 70.0 Å². The molecule has 1 aliphatic rings. The number of benzene rings is 3. The Hall–Kier alpha value is -2.54. The number of nitrogens with zero attached hydrogens (tertiary/aromatic N) is 2. The summed E-state index contributed by atoms with van der Waals surface area (Å²) >= 11 is 11.8. The minimum Gasteiger partial charge on any atom is -0.506 e. The Morgan fingerprint density at radius 1 is 1.03 bits per heavy atom. The second kappa shape index (κ2) is 7.71. The van der Waals surface area contributed by atoms with E-state index in [1.54, 1.807) is 12.1 Å². The van der Waals surface area contributed by atoms with Gasteiger partial charge in [0.25, 0.3) is 10.0 Å². The number of aliphatic imine (C=N–C) groups is 1. The molecule has 3 aromatic rings. The second-order valence-corrected chi connectivity index (χ2v) is 9.24. The van der Waals surface area contributed by atoms with Crippen LogP contribution >= 0.6 is 23.2 Å². The Morgan fingerprint density at radius 2 is 1.76 bits per heavy atom.